The van der Waals surface area contributed by atoms with Crippen molar-refractivity contribution in [2.45, 2.75) is 19.0 Å². The summed E-state index contributed by atoms with van der Waals surface area (Å²) >= 11 is 5.80. The first kappa shape index (κ1) is 16.3. The third kappa shape index (κ3) is 3.65. The van der Waals surface area contributed by atoms with Gasteiger partial charge in [-0.2, -0.15) is 0 Å². The molecule has 3 rings (SSSR count). The molecule has 0 radical (unpaired) electrons. The number of hydrogen-bond donors (Lipinski definition) is 2. The van der Waals surface area contributed by atoms with Crippen LogP contribution in [0.1, 0.15) is 22.3 Å². The van der Waals surface area contributed by atoms with Crippen molar-refractivity contribution in [1.29, 1.82) is 0 Å². The van der Waals surface area contributed by atoms with Crippen molar-refractivity contribution in [2.24, 2.45) is 0 Å². The summed E-state index contributed by atoms with van der Waals surface area (Å²) in [7, 11) is 0. The maximum Gasteiger partial charge on any atom is 0.260 e. The fourth-order valence-corrected chi connectivity index (χ4v) is 2.88. The van der Waals surface area contributed by atoms with Gasteiger partial charge in [-0.1, -0.05) is 41.9 Å². The Hall–Kier alpha value is -2.60. The summed E-state index contributed by atoms with van der Waals surface area (Å²) in [6, 6.07) is 10.6. The molecule has 1 fully saturated rings. The first-order valence-electron chi connectivity index (χ1n) is 7.54. The number of benzene rings is 1. The van der Waals surface area contributed by atoms with E-state index in [1.807, 2.05) is 30.3 Å². The lowest BCUT2D eigenvalue weighted by molar-refractivity contribution is -0.128. The van der Waals surface area contributed by atoms with Crippen molar-refractivity contribution in [3.05, 3.63) is 69.1 Å². The van der Waals surface area contributed by atoms with Gasteiger partial charge in [-0.05, 0) is 11.6 Å². The second-order valence-electron chi connectivity index (χ2n) is 5.70. The van der Waals surface area contributed by atoms with Crippen LogP contribution in [0.15, 0.2) is 47.4 Å². The van der Waals surface area contributed by atoms with Gasteiger partial charge in [-0.15, -0.1) is 0 Å². The number of aromatic amines is 1. The number of carbonyl (C=O) groups excluding carboxylic acids is 2. The van der Waals surface area contributed by atoms with Gasteiger partial charge in [0, 0.05) is 25.7 Å². The summed E-state index contributed by atoms with van der Waals surface area (Å²) in [5.41, 5.74) is 0.461. The highest BCUT2D eigenvalue weighted by molar-refractivity contribution is 6.30. The van der Waals surface area contributed by atoms with E-state index >= 15 is 0 Å². The van der Waals surface area contributed by atoms with Gasteiger partial charge >= 0.3 is 0 Å². The lowest BCUT2D eigenvalue weighted by atomic mass is 10.2. The third-order valence-electron chi connectivity index (χ3n) is 3.88. The van der Waals surface area contributed by atoms with Crippen molar-refractivity contribution in [1.82, 2.24) is 15.2 Å². The molecule has 1 aromatic carbocycles. The van der Waals surface area contributed by atoms with Crippen LogP contribution in [-0.2, 0) is 11.3 Å². The van der Waals surface area contributed by atoms with E-state index < -0.39 is 11.5 Å². The van der Waals surface area contributed by atoms with E-state index in [4.69, 9.17) is 11.6 Å². The lowest BCUT2D eigenvalue weighted by Crippen LogP contribution is -2.39. The van der Waals surface area contributed by atoms with Crippen molar-refractivity contribution in [3.8, 4) is 0 Å². The largest absolute Gasteiger partial charge is 0.347 e. The lowest BCUT2D eigenvalue weighted by Gasteiger charge is -2.17. The molecule has 2 aromatic rings. The molecule has 6 nitrogen and oxygen atoms in total. The minimum atomic E-state index is -0.530. The molecule has 2 heterocycles. The Labute approximate surface area is 143 Å². The summed E-state index contributed by atoms with van der Waals surface area (Å²) in [4.78, 5) is 40.1. The Morgan fingerprint density at radius 3 is 2.79 bits per heavy atom. The Bertz CT molecular complexity index is 819. The molecular formula is C17H16ClN3O3. The maximum absolute atomic E-state index is 12.2. The summed E-state index contributed by atoms with van der Waals surface area (Å²) in [5.74, 6) is -0.553. The van der Waals surface area contributed by atoms with E-state index in [-0.39, 0.29) is 29.0 Å². The molecule has 0 spiro atoms. The molecule has 24 heavy (non-hydrogen) atoms. The van der Waals surface area contributed by atoms with E-state index in [9.17, 15) is 14.4 Å². The van der Waals surface area contributed by atoms with Gasteiger partial charge in [-0.25, -0.2) is 0 Å². The van der Waals surface area contributed by atoms with Gasteiger partial charge in [0.15, 0.2) is 0 Å². The minimum absolute atomic E-state index is 0.0239. The maximum atomic E-state index is 12.2. The molecule has 7 heteroatoms. The number of nitrogens with one attached hydrogen (secondary N) is 2. The average Bonchev–Trinajstić information content (AvgIpc) is 2.90. The number of carbonyl (C=O) groups is 2. The number of halogens is 1. The molecule has 0 saturated carbocycles. The highest BCUT2D eigenvalue weighted by Crippen LogP contribution is 2.15. The molecule has 1 aliphatic rings. The number of rotatable bonds is 4. The zero-order valence-corrected chi connectivity index (χ0v) is 13.5. The van der Waals surface area contributed by atoms with E-state index in [1.165, 1.54) is 12.3 Å². The summed E-state index contributed by atoms with van der Waals surface area (Å²) in [5, 5.41) is 3.00. The van der Waals surface area contributed by atoms with Crippen LogP contribution < -0.4 is 10.9 Å². The molecule has 124 valence electrons. The molecule has 1 aromatic heterocycles. The molecule has 1 aliphatic heterocycles. The smallest absolute Gasteiger partial charge is 0.260 e. The van der Waals surface area contributed by atoms with E-state index in [0.29, 0.717) is 13.1 Å². The highest BCUT2D eigenvalue weighted by atomic mass is 35.5. The fourth-order valence-electron chi connectivity index (χ4n) is 2.71. The number of hydrogen-bond acceptors (Lipinski definition) is 3. The average molecular weight is 346 g/mol. The van der Waals surface area contributed by atoms with E-state index in [2.05, 4.69) is 10.3 Å². The summed E-state index contributed by atoms with van der Waals surface area (Å²) in [6.45, 7) is 0.918. The number of pyridine rings is 1. The SMILES string of the molecule is O=C(N[C@@H]1CC(=O)N(Cc2ccccc2)C1)c1cc(Cl)c[nH]c1=O. The van der Waals surface area contributed by atoms with Crippen molar-refractivity contribution in [3.63, 3.8) is 0 Å². The number of H-pyrrole nitrogens is 1. The predicted octanol–water partition coefficient (Wildman–Crippen LogP) is 1.56. The fraction of sp³-hybridized carbons (Fsp3) is 0.235. The van der Waals surface area contributed by atoms with Crippen LogP contribution in [0.25, 0.3) is 0 Å². The van der Waals surface area contributed by atoms with Crippen LogP contribution >= 0.6 is 11.6 Å². The normalized spacial score (nSPS) is 17.1. The van der Waals surface area contributed by atoms with Crippen LogP contribution in [0, 0.1) is 0 Å². The van der Waals surface area contributed by atoms with Gasteiger partial charge in [0.25, 0.3) is 11.5 Å². The Morgan fingerprint density at radius 2 is 2.04 bits per heavy atom. The first-order chi connectivity index (χ1) is 11.5. The Kier molecular flexibility index (Phi) is 4.66. The third-order valence-corrected chi connectivity index (χ3v) is 4.10. The van der Waals surface area contributed by atoms with Crippen molar-refractivity contribution in [2.75, 3.05) is 6.54 Å². The van der Waals surface area contributed by atoms with Crippen molar-refractivity contribution < 1.29 is 9.59 Å². The van der Waals surface area contributed by atoms with Crippen molar-refractivity contribution >= 4 is 23.4 Å². The van der Waals surface area contributed by atoms with Gasteiger partial charge in [0.05, 0.1) is 11.1 Å². The van der Waals surface area contributed by atoms with Crippen LogP contribution in [0.2, 0.25) is 5.02 Å². The first-order valence-corrected chi connectivity index (χ1v) is 7.91. The zero-order valence-electron chi connectivity index (χ0n) is 12.8. The molecule has 0 aliphatic carbocycles. The quantitative estimate of drug-likeness (QED) is 0.882. The molecule has 0 unspecified atom stereocenters. The second-order valence-corrected chi connectivity index (χ2v) is 6.13. The summed E-state index contributed by atoms with van der Waals surface area (Å²) < 4.78 is 0. The number of likely N-dealkylation sites (tertiary alicyclic amines) is 1. The standard InChI is InChI=1S/C17H16ClN3O3/c18-12-6-14(16(23)19-8-12)17(24)20-13-7-15(22)21(10-13)9-11-4-2-1-3-5-11/h1-6,8,13H,7,9-10H2,(H,19,23)(H,20,24)/t13-/m1/s1. The van der Waals surface area contributed by atoms with E-state index in [0.717, 1.165) is 5.56 Å². The molecule has 0 bridgehead atoms. The molecule has 2 amide bonds. The van der Waals surface area contributed by atoms with E-state index in [1.54, 1.807) is 4.90 Å². The predicted molar refractivity (Wildman–Crippen MR) is 89.8 cm³/mol. The molecule has 1 saturated heterocycles. The summed E-state index contributed by atoms with van der Waals surface area (Å²) in [6.07, 6.45) is 1.54. The van der Waals surface area contributed by atoms with Gasteiger partial charge in [0.1, 0.15) is 5.56 Å². The molecule has 2 N–H and O–H groups in total. The minimum Gasteiger partial charge on any atom is -0.347 e. The Morgan fingerprint density at radius 1 is 1.29 bits per heavy atom. The van der Waals surface area contributed by atoms with Gasteiger partial charge in [0.2, 0.25) is 5.91 Å². The van der Waals surface area contributed by atoms with Gasteiger partial charge in [-0.3, -0.25) is 14.4 Å². The van der Waals surface area contributed by atoms with Crippen LogP contribution in [0.4, 0.5) is 0 Å². The number of aromatic nitrogens is 1. The topological polar surface area (TPSA) is 82.3 Å². The second kappa shape index (κ2) is 6.88. The van der Waals surface area contributed by atoms with Crippen LogP contribution in [-0.4, -0.2) is 34.3 Å². The monoisotopic (exact) mass is 345 g/mol. The highest BCUT2D eigenvalue weighted by Gasteiger charge is 2.31. The van der Waals surface area contributed by atoms with Crippen LogP contribution in [0.5, 0.6) is 0 Å². The number of amides is 2. The van der Waals surface area contributed by atoms with Crippen LogP contribution in [0.3, 0.4) is 0 Å². The molecule has 1 atom stereocenters. The molecular weight excluding hydrogens is 330 g/mol. The zero-order chi connectivity index (χ0) is 17.1. The van der Waals surface area contributed by atoms with Gasteiger partial charge < -0.3 is 15.2 Å². The Balaban J connectivity index is 1.65. The number of nitrogens with zero attached hydrogens (tertiary/aromatic N) is 1.